The van der Waals surface area contributed by atoms with E-state index in [9.17, 15) is 18.3 Å². The number of aryl methyl sites for hydroxylation is 1. The van der Waals surface area contributed by atoms with Gasteiger partial charge in [-0.05, 0) is 31.2 Å². The zero-order valence-corrected chi connectivity index (χ0v) is 14.0. The summed E-state index contributed by atoms with van der Waals surface area (Å²) in [5.74, 6) is -1.26. The largest absolute Gasteiger partial charge is 0.480 e. The highest BCUT2D eigenvalue weighted by Crippen LogP contribution is 2.38. The molecular formula is C16H19N3O4S. The summed E-state index contributed by atoms with van der Waals surface area (Å²) in [7, 11) is -3.98. The second-order valence-corrected chi connectivity index (χ2v) is 7.87. The van der Waals surface area contributed by atoms with Crippen molar-refractivity contribution in [1.82, 2.24) is 14.5 Å². The molecule has 0 amide bonds. The van der Waals surface area contributed by atoms with Gasteiger partial charge in [-0.25, -0.2) is 8.42 Å². The Morgan fingerprint density at radius 3 is 2.54 bits per heavy atom. The topological polar surface area (TPSA) is 103 Å². The van der Waals surface area contributed by atoms with E-state index in [1.807, 2.05) is 6.07 Å². The molecule has 0 aliphatic heterocycles. The van der Waals surface area contributed by atoms with Crippen LogP contribution in [0.4, 0.5) is 0 Å². The lowest BCUT2D eigenvalue weighted by atomic mass is 10.1. The van der Waals surface area contributed by atoms with Crippen LogP contribution in [0.3, 0.4) is 0 Å². The van der Waals surface area contributed by atoms with Crippen LogP contribution < -0.4 is 0 Å². The zero-order valence-electron chi connectivity index (χ0n) is 13.2. The lowest BCUT2D eigenvalue weighted by Crippen LogP contribution is -2.46. The van der Waals surface area contributed by atoms with E-state index in [0.29, 0.717) is 5.69 Å². The molecule has 0 radical (unpaired) electrons. The van der Waals surface area contributed by atoms with Crippen molar-refractivity contribution in [3.63, 3.8) is 0 Å². The lowest BCUT2D eigenvalue weighted by Gasteiger charge is -2.28. The van der Waals surface area contributed by atoms with Gasteiger partial charge in [-0.15, -0.1) is 0 Å². The van der Waals surface area contributed by atoms with Gasteiger partial charge < -0.3 is 5.11 Å². The monoisotopic (exact) mass is 349 g/mol. The summed E-state index contributed by atoms with van der Waals surface area (Å²) in [4.78, 5) is 11.8. The quantitative estimate of drug-likeness (QED) is 0.793. The van der Waals surface area contributed by atoms with E-state index in [1.54, 1.807) is 31.2 Å². The first-order chi connectivity index (χ1) is 11.4. The normalized spacial score (nSPS) is 16.2. The molecule has 1 fully saturated rings. The van der Waals surface area contributed by atoms with Gasteiger partial charge in [0.2, 0.25) is 10.0 Å². The number of aliphatic carboxylic acids is 1. The Balaban J connectivity index is 2.04. The number of rotatable bonds is 7. The molecule has 1 heterocycles. The Labute approximate surface area is 140 Å². The lowest BCUT2D eigenvalue weighted by molar-refractivity contribution is -0.142. The summed E-state index contributed by atoms with van der Waals surface area (Å²) >= 11 is 0. The van der Waals surface area contributed by atoms with Gasteiger partial charge in [-0.3, -0.25) is 9.89 Å². The maximum Gasteiger partial charge on any atom is 0.322 e. The Kier molecular flexibility index (Phi) is 4.42. The predicted octanol–water partition coefficient (Wildman–Crippen LogP) is 1.77. The van der Waals surface area contributed by atoms with E-state index >= 15 is 0 Å². The van der Waals surface area contributed by atoms with Gasteiger partial charge in [0.25, 0.3) is 0 Å². The van der Waals surface area contributed by atoms with Crippen LogP contribution in [0.5, 0.6) is 0 Å². The van der Waals surface area contributed by atoms with E-state index in [-0.39, 0.29) is 17.4 Å². The molecule has 1 aromatic carbocycles. The van der Waals surface area contributed by atoms with E-state index in [0.717, 1.165) is 22.7 Å². The number of benzene rings is 1. The molecule has 1 aliphatic carbocycles. The third-order valence-electron chi connectivity index (χ3n) is 4.18. The standard InChI is InChI=1S/C16H19N3O4S/c1-11-14(9-17-18-11)24(22,23)19(10-12-5-3-2-4-6-12)15(16(20)21)13-7-8-13/h2-6,9,13,15H,7-8,10H2,1H3,(H,17,18)(H,20,21). The molecule has 2 N–H and O–H groups in total. The molecule has 1 saturated carbocycles. The third kappa shape index (κ3) is 3.20. The van der Waals surface area contributed by atoms with Crippen LogP contribution in [0.1, 0.15) is 24.1 Å². The molecule has 0 bridgehead atoms. The number of H-pyrrole nitrogens is 1. The molecule has 24 heavy (non-hydrogen) atoms. The number of sulfonamides is 1. The van der Waals surface area contributed by atoms with Gasteiger partial charge in [0.1, 0.15) is 10.9 Å². The summed E-state index contributed by atoms with van der Waals surface area (Å²) in [6.45, 7) is 1.62. The second kappa shape index (κ2) is 6.37. The van der Waals surface area contributed by atoms with Crippen molar-refractivity contribution in [2.45, 2.75) is 37.2 Å². The molecule has 128 valence electrons. The first-order valence-electron chi connectivity index (χ1n) is 7.70. The maximum absolute atomic E-state index is 13.1. The Hall–Kier alpha value is -2.19. The van der Waals surface area contributed by atoms with Crippen molar-refractivity contribution in [1.29, 1.82) is 0 Å². The first-order valence-corrected chi connectivity index (χ1v) is 9.14. The molecule has 1 aromatic heterocycles. The average molecular weight is 349 g/mol. The summed E-state index contributed by atoms with van der Waals surface area (Å²) in [5, 5.41) is 16.0. The molecule has 8 heteroatoms. The van der Waals surface area contributed by atoms with Gasteiger partial charge in [0.05, 0.1) is 11.9 Å². The van der Waals surface area contributed by atoms with Crippen LogP contribution in [0, 0.1) is 12.8 Å². The highest BCUT2D eigenvalue weighted by molar-refractivity contribution is 7.89. The fourth-order valence-corrected chi connectivity index (χ4v) is 4.55. The second-order valence-electron chi connectivity index (χ2n) is 6.02. The van der Waals surface area contributed by atoms with Gasteiger partial charge in [0, 0.05) is 6.54 Å². The Morgan fingerprint density at radius 1 is 1.38 bits per heavy atom. The number of nitrogens with one attached hydrogen (secondary N) is 1. The van der Waals surface area contributed by atoms with Gasteiger partial charge in [-0.1, -0.05) is 30.3 Å². The van der Waals surface area contributed by atoms with Crippen LogP contribution in [-0.4, -0.2) is 40.0 Å². The molecule has 0 spiro atoms. The molecule has 7 nitrogen and oxygen atoms in total. The van der Waals surface area contributed by atoms with Crippen molar-refractivity contribution in [2.75, 3.05) is 0 Å². The number of aromatic amines is 1. The number of nitrogens with zero attached hydrogens (tertiary/aromatic N) is 2. The minimum absolute atomic E-state index is 0.0151. The van der Waals surface area contributed by atoms with E-state index in [2.05, 4.69) is 10.2 Å². The summed E-state index contributed by atoms with van der Waals surface area (Å²) < 4.78 is 27.3. The molecule has 3 rings (SSSR count). The van der Waals surface area contributed by atoms with Crippen molar-refractivity contribution < 1.29 is 18.3 Å². The highest BCUT2D eigenvalue weighted by atomic mass is 32.2. The van der Waals surface area contributed by atoms with Gasteiger partial charge in [0.15, 0.2) is 0 Å². The number of carboxylic acid groups (broad SMARTS) is 1. The number of carbonyl (C=O) groups is 1. The summed E-state index contributed by atoms with van der Waals surface area (Å²) in [5.41, 5.74) is 1.14. The van der Waals surface area contributed by atoms with Crippen LogP contribution >= 0.6 is 0 Å². The van der Waals surface area contributed by atoms with Crippen molar-refractivity contribution in [3.05, 3.63) is 47.8 Å². The number of hydrogen-bond donors (Lipinski definition) is 2. The molecule has 1 aliphatic rings. The first kappa shape index (κ1) is 16.7. The Bertz CT molecular complexity index is 828. The van der Waals surface area contributed by atoms with Gasteiger partial charge in [-0.2, -0.15) is 9.40 Å². The summed E-state index contributed by atoms with van der Waals surface area (Å²) in [6.07, 6.45) is 2.68. The van der Waals surface area contributed by atoms with Crippen molar-refractivity contribution in [3.8, 4) is 0 Å². The molecule has 1 unspecified atom stereocenters. The van der Waals surface area contributed by atoms with Gasteiger partial charge >= 0.3 is 5.97 Å². The fourth-order valence-electron chi connectivity index (χ4n) is 2.79. The zero-order chi connectivity index (χ0) is 17.3. The van der Waals surface area contributed by atoms with Crippen LogP contribution in [0.25, 0.3) is 0 Å². The number of carboxylic acids is 1. The maximum atomic E-state index is 13.1. The third-order valence-corrected chi connectivity index (χ3v) is 6.12. The molecular weight excluding hydrogens is 330 g/mol. The van der Waals surface area contributed by atoms with E-state index in [1.165, 1.54) is 6.20 Å². The fraction of sp³-hybridized carbons (Fsp3) is 0.375. The SMILES string of the molecule is Cc1[nH]ncc1S(=O)(=O)N(Cc1ccccc1)C(C(=O)O)C1CC1. The predicted molar refractivity (Wildman–Crippen MR) is 86.6 cm³/mol. The molecule has 1 atom stereocenters. The van der Waals surface area contributed by atoms with Crippen molar-refractivity contribution >= 4 is 16.0 Å². The smallest absolute Gasteiger partial charge is 0.322 e. The number of aromatic nitrogens is 2. The minimum Gasteiger partial charge on any atom is -0.480 e. The molecule has 2 aromatic rings. The minimum atomic E-state index is -3.98. The van der Waals surface area contributed by atoms with E-state index < -0.39 is 22.0 Å². The van der Waals surface area contributed by atoms with E-state index in [4.69, 9.17) is 0 Å². The molecule has 0 saturated heterocycles. The average Bonchev–Trinajstić information content (AvgIpc) is 3.27. The van der Waals surface area contributed by atoms with Crippen molar-refractivity contribution in [2.24, 2.45) is 5.92 Å². The highest BCUT2D eigenvalue weighted by Gasteiger charge is 2.46. The summed E-state index contributed by atoms with van der Waals surface area (Å²) in [6, 6.07) is 7.95. The van der Waals surface area contributed by atoms with Crippen LogP contribution in [0.15, 0.2) is 41.4 Å². The Morgan fingerprint density at radius 2 is 2.04 bits per heavy atom. The van der Waals surface area contributed by atoms with Crippen LogP contribution in [-0.2, 0) is 21.4 Å². The number of hydrogen-bond acceptors (Lipinski definition) is 4. The van der Waals surface area contributed by atoms with Crippen LogP contribution in [0.2, 0.25) is 0 Å².